The van der Waals surface area contributed by atoms with Crippen molar-refractivity contribution in [3.8, 4) is 0 Å². The maximum Gasteiger partial charge on any atom is 0.263 e. The van der Waals surface area contributed by atoms with Gasteiger partial charge in [-0.15, -0.1) is 11.3 Å². The predicted molar refractivity (Wildman–Crippen MR) is 146 cm³/mol. The van der Waals surface area contributed by atoms with E-state index in [1.54, 1.807) is 17.5 Å². The van der Waals surface area contributed by atoms with Crippen molar-refractivity contribution in [1.29, 1.82) is 0 Å². The van der Waals surface area contributed by atoms with E-state index in [0.29, 0.717) is 16.9 Å². The molecule has 0 unspecified atom stereocenters. The van der Waals surface area contributed by atoms with Crippen LogP contribution in [-0.2, 0) is 26.6 Å². The Morgan fingerprint density at radius 3 is 2.22 bits per heavy atom. The molecule has 37 heavy (non-hydrogen) atoms. The van der Waals surface area contributed by atoms with Crippen molar-refractivity contribution in [2.45, 2.75) is 18.4 Å². The van der Waals surface area contributed by atoms with E-state index in [1.165, 1.54) is 46.9 Å². The summed E-state index contributed by atoms with van der Waals surface area (Å²) in [5.41, 5.74) is 3.01. The molecule has 0 bridgehead atoms. The van der Waals surface area contributed by atoms with Crippen molar-refractivity contribution in [1.82, 2.24) is 4.98 Å². The Morgan fingerprint density at radius 2 is 1.62 bits per heavy atom. The maximum atomic E-state index is 12.7. The average Bonchev–Trinajstić information content (AvgIpc) is 3.35. The van der Waals surface area contributed by atoms with Crippen molar-refractivity contribution >= 4 is 53.8 Å². The number of hydrogen-bond donors (Lipinski definition) is 2. The van der Waals surface area contributed by atoms with Gasteiger partial charge in [-0.1, -0.05) is 24.3 Å². The zero-order chi connectivity index (χ0) is 26.6. The van der Waals surface area contributed by atoms with Gasteiger partial charge >= 0.3 is 0 Å². The number of benzene rings is 3. The number of carbonyl (C=O) groups excluding carboxylic acids is 1. The van der Waals surface area contributed by atoms with Gasteiger partial charge in [0.1, 0.15) is 0 Å². The van der Waals surface area contributed by atoms with Gasteiger partial charge in [0.2, 0.25) is 10.0 Å². The first-order valence-electron chi connectivity index (χ1n) is 11.0. The molecule has 2 N–H and O–H groups in total. The third-order valence-electron chi connectivity index (χ3n) is 5.47. The Hall–Kier alpha value is -3.74. The van der Waals surface area contributed by atoms with Gasteiger partial charge in [0, 0.05) is 22.8 Å². The van der Waals surface area contributed by atoms with E-state index in [-0.39, 0.29) is 16.6 Å². The van der Waals surface area contributed by atoms with Crippen molar-refractivity contribution in [2.24, 2.45) is 0 Å². The van der Waals surface area contributed by atoms with Crippen molar-refractivity contribution in [3.05, 3.63) is 101 Å². The summed E-state index contributed by atoms with van der Waals surface area (Å²) in [5, 5.41) is 4.63. The van der Waals surface area contributed by atoms with E-state index in [9.17, 15) is 21.6 Å². The van der Waals surface area contributed by atoms with Gasteiger partial charge in [-0.05, 0) is 66.6 Å². The summed E-state index contributed by atoms with van der Waals surface area (Å²) >= 11 is 1.16. The molecule has 12 heteroatoms. The number of amides is 1. The highest BCUT2D eigenvalue weighted by Gasteiger charge is 2.20. The Bertz CT molecular complexity index is 1600. The van der Waals surface area contributed by atoms with Crippen LogP contribution in [-0.4, -0.2) is 34.0 Å². The number of carbonyl (C=O) groups is 1. The largest absolute Gasteiger partial charge is 0.322 e. The van der Waals surface area contributed by atoms with Gasteiger partial charge in [0.05, 0.1) is 23.4 Å². The van der Waals surface area contributed by atoms with Crippen molar-refractivity contribution in [3.63, 3.8) is 0 Å². The number of aromatic nitrogens is 1. The molecular formula is C25H24N4O5S3. The summed E-state index contributed by atoms with van der Waals surface area (Å²) in [5.74, 6) is -0.423. The molecule has 4 rings (SSSR count). The lowest BCUT2D eigenvalue weighted by atomic mass is 10.1. The Kier molecular flexibility index (Phi) is 7.62. The molecule has 1 aromatic heterocycles. The second kappa shape index (κ2) is 10.7. The second-order valence-electron chi connectivity index (χ2n) is 8.16. The first kappa shape index (κ1) is 26.3. The molecule has 4 aromatic rings. The van der Waals surface area contributed by atoms with Crippen LogP contribution in [0.25, 0.3) is 0 Å². The number of sulfonamides is 2. The molecule has 9 nitrogen and oxygen atoms in total. The number of rotatable bonds is 9. The number of hydrogen-bond acceptors (Lipinski definition) is 7. The lowest BCUT2D eigenvalue weighted by Crippen LogP contribution is -2.29. The van der Waals surface area contributed by atoms with Crippen molar-refractivity contribution in [2.75, 3.05) is 20.6 Å². The molecule has 0 spiro atoms. The number of nitrogens with zero attached hydrogens (tertiary/aromatic N) is 2. The third kappa shape index (κ3) is 6.53. The monoisotopic (exact) mass is 556 g/mol. The normalized spacial score (nSPS) is 11.6. The van der Waals surface area contributed by atoms with Crippen LogP contribution in [0.15, 0.2) is 89.3 Å². The van der Waals surface area contributed by atoms with Crippen LogP contribution in [0.1, 0.15) is 21.5 Å². The highest BCUT2D eigenvalue weighted by molar-refractivity contribution is 7.93. The quantitative estimate of drug-likeness (QED) is 0.313. The van der Waals surface area contributed by atoms with Gasteiger partial charge in [0.25, 0.3) is 15.9 Å². The van der Waals surface area contributed by atoms with E-state index < -0.39 is 26.0 Å². The summed E-state index contributed by atoms with van der Waals surface area (Å²) in [4.78, 5) is 16.7. The fourth-order valence-corrected chi connectivity index (χ4v) is 6.16. The molecule has 0 fully saturated rings. The minimum atomic E-state index is -3.80. The summed E-state index contributed by atoms with van der Waals surface area (Å²) in [7, 11) is -7.37. The number of nitrogens with one attached hydrogen (secondary N) is 2. The fourth-order valence-electron chi connectivity index (χ4n) is 3.49. The van der Waals surface area contributed by atoms with Gasteiger partial charge in [-0.3, -0.25) is 13.8 Å². The zero-order valence-electron chi connectivity index (χ0n) is 20.0. The summed E-state index contributed by atoms with van der Waals surface area (Å²) in [6.45, 7) is 2.09. The minimum Gasteiger partial charge on any atom is -0.322 e. The first-order valence-corrected chi connectivity index (χ1v) is 15.2. The first-order chi connectivity index (χ1) is 17.5. The van der Waals surface area contributed by atoms with Crippen LogP contribution in [0.5, 0.6) is 0 Å². The van der Waals surface area contributed by atoms with Gasteiger partial charge in [0.15, 0.2) is 5.13 Å². The van der Waals surface area contributed by atoms with E-state index in [1.807, 2.05) is 31.2 Å². The molecule has 1 heterocycles. The predicted octanol–water partition coefficient (Wildman–Crippen LogP) is 4.47. The van der Waals surface area contributed by atoms with E-state index >= 15 is 0 Å². The zero-order valence-corrected chi connectivity index (χ0v) is 22.4. The minimum absolute atomic E-state index is 0.0274. The van der Waals surface area contributed by atoms with Gasteiger partial charge in [-0.25, -0.2) is 21.8 Å². The molecule has 0 atom stereocenters. The third-order valence-corrected chi connectivity index (χ3v) is 8.78. The van der Waals surface area contributed by atoms with Crippen molar-refractivity contribution < 1.29 is 21.6 Å². The van der Waals surface area contributed by atoms with Crippen LogP contribution >= 0.6 is 11.3 Å². The van der Waals surface area contributed by atoms with E-state index in [4.69, 9.17) is 0 Å². The topological polar surface area (TPSA) is 126 Å². The molecule has 1 amide bonds. The van der Waals surface area contributed by atoms with Gasteiger partial charge < -0.3 is 5.32 Å². The standard InChI is InChI=1S/C25H24N4O5S3/c1-18-5-3-4-6-20(18)17-29(36(2,31)32)22-11-7-19(8-12-22)24(30)27-21-9-13-23(14-10-21)37(33,34)28-25-26-15-16-35-25/h3-16H,17H2,1-2H3,(H,26,28)(H,27,30). The highest BCUT2D eigenvalue weighted by atomic mass is 32.2. The molecule has 0 radical (unpaired) electrons. The molecule has 0 aliphatic heterocycles. The molecule has 3 aromatic carbocycles. The molecular weight excluding hydrogens is 532 g/mol. The van der Waals surface area contributed by atoms with Gasteiger partial charge in [-0.2, -0.15) is 0 Å². The van der Waals surface area contributed by atoms with Crippen LogP contribution < -0.4 is 14.3 Å². The van der Waals surface area contributed by atoms with E-state index in [0.717, 1.165) is 28.7 Å². The number of aryl methyl sites for hydroxylation is 1. The van der Waals surface area contributed by atoms with Crippen LogP contribution in [0.4, 0.5) is 16.5 Å². The SMILES string of the molecule is Cc1ccccc1CN(c1ccc(C(=O)Nc2ccc(S(=O)(=O)Nc3nccs3)cc2)cc1)S(C)(=O)=O. The van der Waals surface area contributed by atoms with E-state index in [2.05, 4.69) is 15.0 Å². The Labute approximate surface area is 219 Å². The Balaban J connectivity index is 1.46. The lowest BCUT2D eigenvalue weighted by molar-refractivity contribution is 0.102. The number of anilines is 3. The van der Waals surface area contributed by atoms with Crippen LogP contribution in [0.2, 0.25) is 0 Å². The smallest absolute Gasteiger partial charge is 0.263 e. The van der Waals surface area contributed by atoms with Crippen LogP contribution in [0.3, 0.4) is 0 Å². The maximum absolute atomic E-state index is 12.7. The van der Waals surface area contributed by atoms with Crippen LogP contribution in [0, 0.1) is 6.92 Å². The second-order valence-corrected chi connectivity index (χ2v) is 12.6. The molecule has 192 valence electrons. The molecule has 0 aliphatic carbocycles. The summed E-state index contributed by atoms with van der Waals surface area (Å²) in [6, 6.07) is 19.5. The molecule has 0 saturated carbocycles. The number of thiazole rings is 1. The summed E-state index contributed by atoms with van der Waals surface area (Å²) in [6.07, 6.45) is 2.64. The highest BCUT2D eigenvalue weighted by Crippen LogP contribution is 2.24. The molecule has 0 aliphatic rings. The lowest BCUT2D eigenvalue weighted by Gasteiger charge is -2.23. The molecule has 0 saturated heterocycles. The summed E-state index contributed by atoms with van der Waals surface area (Å²) < 4.78 is 53.6. The fraction of sp³-hybridized carbons (Fsp3) is 0.120. The average molecular weight is 557 g/mol. The Morgan fingerprint density at radius 1 is 0.946 bits per heavy atom.